The van der Waals surface area contributed by atoms with Crippen molar-refractivity contribution in [1.82, 2.24) is 20.3 Å². The first-order valence-corrected chi connectivity index (χ1v) is 8.47. The van der Waals surface area contributed by atoms with E-state index in [1.165, 1.54) is 13.2 Å². The maximum Gasteiger partial charge on any atom is 0.263 e. The first kappa shape index (κ1) is 15.3. The number of aromatic amines is 1. The van der Waals surface area contributed by atoms with Crippen LogP contribution in [0.2, 0.25) is 0 Å². The number of hydrogen-bond donors (Lipinski definition) is 2. The number of nitrogens with zero attached hydrogens (tertiary/aromatic N) is 2. The number of nitrogens with one attached hydrogen (secondary N) is 2. The molecule has 0 spiro atoms. The zero-order valence-corrected chi connectivity index (χ0v) is 13.7. The van der Waals surface area contributed by atoms with Gasteiger partial charge in [-0.2, -0.15) is 11.3 Å². The van der Waals surface area contributed by atoms with Crippen molar-refractivity contribution < 1.29 is 4.79 Å². The van der Waals surface area contributed by atoms with Crippen molar-refractivity contribution in [1.29, 1.82) is 0 Å². The molecule has 3 rings (SSSR count). The fraction of sp³-hybridized carbons (Fsp3) is 0.0667. The number of hydrogen-bond acceptors (Lipinski definition) is 6. The third-order valence-electron chi connectivity index (χ3n) is 2.99. The second-order valence-corrected chi connectivity index (χ2v) is 6.15. The highest BCUT2D eigenvalue weighted by Crippen LogP contribution is 2.26. The monoisotopic (exact) mass is 344 g/mol. The molecule has 0 aliphatic heterocycles. The highest BCUT2D eigenvalue weighted by Gasteiger charge is 2.09. The van der Waals surface area contributed by atoms with Crippen LogP contribution in [0.3, 0.4) is 0 Å². The van der Waals surface area contributed by atoms with Gasteiger partial charge in [-0.3, -0.25) is 9.59 Å². The highest BCUT2D eigenvalue weighted by atomic mass is 32.1. The van der Waals surface area contributed by atoms with Crippen LogP contribution < -0.4 is 10.9 Å². The van der Waals surface area contributed by atoms with Gasteiger partial charge in [0.2, 0.25) is 0 Å². The lowest BCUT2D eigenvalue weighted by molar-refractivity contribution is 0.0961. The van der Waals surface area contributed by atoms with Gasteiger partial charge in [-0.25, -0.2) is 9.97 Å². The molecule has 0 aromatic carbocycles. The molecule has 3 heterocycles. The van der Waals surface area contributed by atoms with Crippen LogP contribution in [0.4, 0.5) is 0 Å². The second kappa shape index (κ2) is 6.67. The molecule has 0 atom stereocenters. The number of rotatable bonds is 4. The largest absolute Gasteiger partial charge is 0.355 e. The van der Waals surface area contributed by atoms with Gasteiger partial charge in [0.25, 0.3) is 11.5 Å². The van der Waals surface area contributed by atoms with E-state index in [2.05, 4.69) is 20.3 Å². The normalized spacial score (nSPS) is 11.0. The Morgan fingerprint density at radius 1 is 1.35 bits per heavy atom. The zero-order valence-electron chi connectivity index (χ0n) is 12.1. The standard InChI is InChI=1S/C15H12N4O2S2/c1-16-13(20)11-6-17-12(19-14(11)21)3-2-10-8-23-15(18-10)9-4-5-22-7-9/h2-8H,1H3,(H,16,20)(H,17,19,21)/b3-2-. The summed E-state index contributed by atoms with van der Waals surface area (Å²) in [5.41, 5.74) is 1.39. The molecular formula is C15H12N4O2S2. The molecule has 2 N–H and O–H groups in total. The molecule has 0 unspecified atom stereocenters. The number of thiazole rings is 1. The lowest BCUT2D eigenvalue weighted by Gasteiger charge is -1.98. The van der Waals surface area contributed by atoms with Crippen molar-refractivity contribution in [3.05, 3.63) is 55.8 Å². The average Bonchev–Trinajstić information content (AvgIpc) is 3.23. The van der Waals surface area contributed by atoms with Crippen molar-refractivity contribution in [2.75, 3.05) is 7.05 Å². The van der Waals surface area contributed by atoms with Crippen LogP contribution in [0.15, 0.2) is 33.2 Å². The summed E-state index contributed by atoms with van der Waals surface area (Å²) in [5.74, 6) is -0.0954. The van der Waals surface area contributed by atoms with Crippen molar-refractivity contribution >= 4 is 40.7 Å². The Hall–Kier alpha value is -2.58. The van der Waals surface area contributed by atoms with Gasteiger partial charge in [0, 0.05) is 29.6 Å². The van der Waals surface area contributed by atoms with Gasteiger partial charge in [-0.1, -0.05) is 0 Å². The molecule has 3 aromatic rings. The molecule has 23 heavy (non-hydrogen) atoms. The maximum atomic E-state index is 11.8. The van der Waals surface area contributed by atoms with Gasteiger partial charge in [-0.05, 0) is 23.6 Å². The SMILES string of the molecule is CNC(=O)c1cnc(/C=C\c2csc(-c3ccsc3)n2)[nH]c1=O. The number of amides is 1. The molecule has 0 aliphatic rings. The van der Waals surface area contributed by atoms with Gasteiger partial charge in [-0.15, -0.1) is 11.3 Å². The summed E-state index contributed by atoms with van der Waals surface area (Å²) in [6.07, 6.45) is 4.68. The van der Waals surface area contributed by atoms with Gasteiger partial charge in [0.1, 0.15) is 16.4 Å². The topological polar surface area (TPSA) is 87.7 Å². The van der Waals surface area contributed by atoms with Gasteiger partial charge < -0.3 is 10.3 Å². The van der Waals surface area contributed by atoms with Crippen LogP contribution >= 0.6 is 22.7 Å². The van der Waals surface area contributed by atoms with Gasteiger partial charge in [0.05, 0.1) is 5.69 Å². The molecule has 116 valence electrons. The smallest absolute Gasteiger partial charge is 0.263 e. The summed E-state index contributed by atoms with van der Waals surface area (Å²) in [4.78, 5) is 34.4. The maximum absolute atomic E-state index is 11.8. The average molecular weight is 344 g/mol. The van der Waals surface area contributed by atoms with E-state index in [0.29, 0.717) is 5.82 Å². The van der Waals surface area contributed by atoms with Crippen molar-refractivity contribution in [3.63, 3.8) is 0 Å². The Bertz CT molecular complexity index is 910. The van der Waals surface area contributed by atoms with Crippen molar-refractivity contribution in [2.24, 2.45) is 0 Å². The molecule has 1 amide bonds. The first-order valence-electron chi connectivity index (χ1n) is 6.65. The molecule has 0 radical (unpaired) electrons. The number of thiophene rings is 1. The van der Waals surface area contributed by atoms with E-state index >= 15 is 0 Å². The molecule has 0 saturated heterocycles. The summed E-state index contributed by atoms with van der Waals surface area (Å²) >= 11 is 3.18. The van der Waals surface area contributed by atoms with Crippen LogP contribution in [0.25, 0.3) is 22.7 Å². The third kappa shape index (κ3) is 3.43. The van der Waals surface area contributed by atoms with Crippen LogP contribution in [0.5, 0.6) is 0 Å². The molecule has 3 aromatic heterocycles. The molecule has 0 aliphatic carbocycles. The van der Waals surface area contributed by atoms with E-state index in [1.807, 2.05) is 22.2 Å². The molecule has 6 nitrogen and oxygen atoms in total. The summed E-state index contributed by atoms with van der Waals surface area (Å²) < 4.78 is 0. The second-order valence-electron chi connectivity index (χ2n) is 4.51. The minimum Gasteiger partial charge on any atom is -0.355 e. The van der Waals surface area contributed by atoms with E-state index in [4.69, 9.17) is 0 Å². The number of carbonyl (C=O) groups excluding carboxylic acids is 1. The lowest BCUT2D eigenvalue weighted by atomic mass is 10.3. The fourth-order valence-electron chi connectivity index (χ4n) is 1.84. The summed E-state index contributed by atoms with van der Waals surface area (Å²) in [7, 11) is 1.46. The van der Waals surface area contributed by atoms with Crippen LogP contribution in [-0.4, -0.2) is 27.9 Å². The Kier molecular flexibility index (Phi) is 4.45. The van der Waals surface area contributed by atoms with Crippen molar-refractivity contribution in [2.45, 2.75) is 0 Å². The Morgan fingerprint density at radius 3 is 2.91 bits per heavy atom. The molecule has 0 saturated carbocycles. The van der Waals surface area contributed by atoms with E-state index in [9.17, 15) is 9.59 Å². The Balaban J connectivity index is 1.79. The molecule has 8 heteroatoms. The number of carbonyl (C=O) groups is 1. The Morgan fingerprint density at radius 2 is 2.22 bits per heavy atom. The zero-order chi connectivity index (χ0) is 16.2. The van der Waals surface area contributed by atoms with Gasteiger partial charge in [0.15, 0.2) is 0 Å². The molecular weight excluding hydrogens is 332 g/mol. The summed E-state index contributed by atoms with van der Waals surface area (Å²) in [6.45, 7) is 0. The van der Waals surface area contributed by atoms with E-state index < -0.39 is 11.5 Å². The summed E-state index contributed by atoms with van der Waals surface area (Å²) in [5, 5.41) is 9.32. The predicted octanol–water partition coefficient (Wildman–Crippen LogP) is 2.48. The lowest BCUT2D eigenvalue weighted by Crippen LogP contribution is -2.27. The molecule has 0 fully saturated rings. The predicted molar refractivity (Wildman–Crippen MR) is 92.6 cm³/mol. The van der Waals surface area contributed by atoms with Crippen LogP contribution in [0, 0.1) is 0 Å². The minimum absolute atomic E-state index is 0.0157. The Labute approximate surface area is 139 Å². The first-order chi connectivity index (χ1) is 11.2. The van der Waals surface area contributed by atoms with E-state index in [-0.39, 0.29) is 5.56 Å². The number of H-pyrrole nitrogens is 1. The number of aromatic nitrogens is 3. The summed E-state index contributed by atoms with van der Waals surface area (Å²) in [6, 6.07) is 2.02. The van der Waals surface area contributed by atoms with Crippen molar-refractivity contribution in [3.8, 4) is 10.6 Å². The molecule has 0 bridgehead atoms. The van der Waals surface area contributed by atoms with E-state index in [0.717, 1.165) is 16.3 Å². The van der Waals surface area contributed by atoms with Crippen LogP contribution in [0.1, 0.15) is 21.9 Å². The minimum atomic E-state index is -0.476. The van der Waals surface area contributed by atoms with Crippen LogP contribution in [-0.2, 0) is 0 Å². The fourth-order valence-corrected chi connectivity index (χ4v) is 3.34. The van der Waals surface area contributed by atoms with Gasteiger partial charge >= 0.3 is 0 Å². The highest BCUT2D eigenvalue weighted by molar-refractivity contribution is 7.14. The van der Waals surface area contributed by atoms with E-state index in [1.54, 1.807) is 34.8 Å². The quantitative estimate of drug-likeness (QED) is 0.761. The third-order valence-corrected chi connectivity index (χ3v) is 4.59.